The van der Waals surface area contributed by atoms with Crippen molar-refractivity contribution in [2.24, 2.45) is 0 Å². The predicted molar refractivity (Wildman–Crippen MR) is 63.5 cm³/mol. The van der Waals surface area contributed by atoms with Crippen LogP contribution in [0.1, 0.15) is 32.0 Å². The van der Waals surface area contributed by atoms with Crippen LogP contribution in [0.5, 0.6) is 0 Å². The molecule has 15 heavy (non-hydrogen) atoms. The van der Waals surface area contributed by atoms with Crippen LogP contribution in [-0.4, -0.2) is 9.97 Å². The van der Waals surface area contributed by atoms with Gasteiger partial charge in [-0.2, -0.15) is 0 Å². The van der Waals surface area contributed by atoms with Crippen molar-refractivity contribution >= 4 is 21.6 Å². The highest BCUT2D eigenvalue weighted by molar-refractivity contribution is 7.16. The maximum Gasteiger partial charge on any atom is 0.259 e. The first-order valence-electron chi connectivity index (χ1n) is 5.27. The van der Waals surface area contributed by atoms with Gasteiger partial charge in [-0.15, -0.1) is 11.3 Å². The molecule has 0 atom stereocenters. The normalized spacial score (nSPS) is 11.0. The van der Waals surface area contributed by atoms with E-state index in [-0.39, 0.29) is 5.56 Å². The largest absolute Gasteiger partial charge is 0.310 e. The molecule has 0 fully saturated rings. The maximum absolute atomic E-state index is 11.6. The fourth-order valence-electron chi connectivity index (χ4n) is 1.57. The summed E-state index contributed by atoms with van der Waals surface area (Å²) in [5.74, 6) is 0.823. The number of nitrogens with one attached hydrogen (secondary N) is 1. The van der Waals surface area contributed by atoms with E-state index in [0.29, 0.717) is 5.39 Å². The van der Waals surface area contributed by atoms with Crippen molar-refractivity contribution in [2.45, 2.75) is 32.6 Å². The number of rotatable bonds is 4. The van der Waals surface area contributed by atoms with Crippen LogP contribution in [0, 0.1) is 0 Å². The van der Waals surface area contributed by atoms with Crippen molar-refractivity contribution in [3.63, 3.8) is 0 Å². The molecule has 2 rings (SSSR count). The van der Waals surface area contributed by atoms with E-state index in [9.17, 15) is 4.79 Å². The summed E-state index contributed by atoms with van der Waals surface area (Å²) in [6, 6.07) is 1.82. The lowest BCUT2D eigenvalue weighted by Gasteiger charge is -1.99. The second-order valence-corrected chi connectivity index (χ2v) is 4.50. The molecule has 2 aromatic rings. The average Bonchev–Trinajstić information content (AvgIpc) is 2.66. The van der Waals surface area contributed by atoms with Crippen molar-refractivity contribution in [2.75, 3.05) is 0 Å². The molecule has 2 aromatic heterocycles. The standard InChI is InChI=1S/C11H14N2OS/c1-2-3-4-5-9-12-10(14)8-6-7-15-11(8)13-9/h6-7H,2-5H2,1H3,(H,12,13,14). The van der Waals surface area contributed by atoms with Crippen LogP contribution in [0.4, 0.5) is 0 Å². The van der Waals surface area contributed by atoms with Gasteiger partial charge in [-0.1, -0.05) is 19.8 Å². The molecule has 1 N–H and O–H groups in total. The quantitative estimate of drug-likeness (QED) is 0.808. The maximum atomic E-state index is 11.6. The Labute approximate surface area is 92.2 Å². The Balaban J connectivity index is 2.25. The molecule has 0 bridgehead atoms. The molecular formula is C11H14N2OS. The summed E-state index contributed by atoms with van der Waals surface area (Å²) in [5.41, 5.74) is -0.00671. The second-order valence-electron chi connectivity index (χ2n) is 3.61. The molecule has 0 aromatic carbocycles. The first kappa shape index (κ1) is 10.4. The van der Waals surface area contributed by atoms with E-state index >= 15 is 0 Å². The topological polar surface area (TPSA) is 45.8 Å². The van der Waals surface area contributed by atoms with Crippen LogP contribution < -0.4 is 5.56 Å². The van der Waals surface area contributed by atoms with Gasteiger partial charge in [0.15, 0.2) is 0 Å². The zero-order valence-electron chi connectivity index (χ0n) is 8.75. The van der Waals surface area contributed by atoms with Crippen LogP contribution in [0.15, 0.2) is 16.2 Å². The number of hydrogen-bond acceptors (Lipinski definition) is 3. The molecule has 0 aliphatic rings. The fourth-order valence-corrected chi connectivity index (χ4v) is 2.35. The highest BCUT2D eigenvalue weighted by atomic mass is 32.1. The van der Waals surface area contributed by atoms with E-state index in [1.807, 2.05) is 11.4 Å². The van der Waals surface area contributed by atoms with Crippen molar-refractivity contribution in [1.29, 1.82) is 0 Å². The molecule has 0 unspecified atom stereocenters. The number of aromatic amines is 1. The third-order valence-corrected chi connectivity index (χ3v) is 3.21. The van der Waals surface area contributed by atoms with Gasteiger partial charge >= 0.3 is 0 Å². The number of aromatic nitrogens is 2. The monoisotopic (exact) mass is 222 g/mol. The molecule has 0 aliphatic heterocycles. The molecule has 0 saturated carbocycles. The minimum Gasteiger partial charge on any atom is -0.310 e. The summed E-state index contributed by atoms with van der Waals surface area (Å²) in [4.78, 5) is 19.7. The Morgan fingerprint density at radius 1 is 1.47 bits per heavy atom. The number of H-pyrrole nitrogens is 1. The van der Waals surface area contributed by atoms with E-state index in [1.54, 1.807) is 0 Å². The lowest BCUT2D eigenvalue weighted by Crippen LogP contribution is -2.10. The molecule has 80 valence electrons. The lowest BCUT2D eigenvalue weighted by molar-refractivity contribution is 0.694. The van der Waals surface area contributed by atoms with Gasteiger partial charge in [-0.25, -0.2) is 4.98 Å². The third kappa shape index (κ3) is 2.26. The number of aryl methyl sites for hydroxylation is 1. The molecular weight excluding hydrogens is 208 g/mol. The number of unbranched alkanes of at least 4 members (excludes halogenated alkanes) is 2. The Morgan fingerprint density at radius 3 is 3.13 bits per heavy atom. The summed E-state index contributed by atoms with van der Waals surface area (Å²) in [7, 11) is 0. The Morgan fingerprint density at radius 2 is 2.33 bits per heavy atom. The second kappa shape index (κ2) is 4.57. The molecule has 2 heterocycles. The zero-order chi connectivity index (χ0) is 10.7. The first-order valence-corrected chi connectivity index (χ1v) is 6.15. The van der Waals surface area contributed by atoms with E-state index in [4.69, 9.17) is 0 Å². The Kier molecular flexibility index (Phi) is 3.16. The highest BCUT2D eigenvalue weighted by Crippen LogP contribution is 2.14. The van der Waals surface area contributed by atoms with Gasteiger partial charge in [0.05, 0.1) is 5.39 Å². The predicted octanol–water partition coefficient (Wildman–Crippen LogP) is 2.72. The van der Waals surface area contributed by atoms with Crippen LogP contribution >= 0.6 is 11.3 Å². The van der Waals surface area contributed by atoms with Crippen LogP contribution in [0.2, 0.25) is 0 Å². The van der Waals surface area contributed by atoms with Gasteiger partial charge in [0.2, 0.25) is 0 Å². The Bertz CT molecular complexity index is 501. The number of fused-ring (bicyclic) bond motifs is 1. The van der Waals surface area contributed by atoms with Gasteiger partial charge in [0, 0.05) is 6.42 Å². The van der Waals surface area contributed by atoms with Gasteiger partial charge in [0.25, 0.3) is 5.56 Å². The fraction of sp³-hybridized carbons (Fsp3) is 0.455. The van der Waals surface area contributed by atoms with Gasteiger partial charge in [-0.3, -0.25) is 4.79 Å². The van der Waals surface area contributed by atoms with Crippen LogP contribution in [-0.2, 0) is 6.42 Å². The summed E-state index contributed by atoms with van der Waals surface area (Å²) in [6.07, 6.45) is 4.34. The van der Waals surface area contributed by atoms with Crippen molar-refractivity contribution in [1.82, 2.24) is 9.97 Å². The first-order chi connectivity index (χ1) is 7.31. The molecule has 0 amide bonds. The van der Waals surface area contributed by atoms with Gasteiger partial charge in [-0.05, 0) is 17.9 Å². The van der Waals surface area contributed by atoms with Crippen LogP contribution in [0.25, 0.3) is 10.2 Å². The van der Waals surface area contributed by atoms with Crippen molar-refractivity contribution in [3.8, 4) is 0 Å². The SMILES string of the molecule is CCCCCc1nc2sccc2c(=O)[nH]1. The molecule has 0 radical (unpaired) electrons. The van der Waals surface area contributed by atoms with E-state index < -0.39 is 0 Å². The zero-order valence-corrected chi connectivity index (χ0v) is 9.56. The number of hydrogen-bond donors (Lipinski definition) is 1. The minimum absolute atomic E-state index is 0.00671. The lowest BCUT2D eigenvalue weighted by atomic mass is 10.2. The van der Waals surface area contributed by atoms with E-state index in [1.165, 1.54) is 24.2 Å². The van der Waals surface area contributed by atoms with E-state index in [2.05, 4.69) is 16.9 Å². The number of thiophene rings is 1. The smallest absolute Gasteiger partial charge is 0.259 e. The van der Waals surface area contributed by atoms with Gasteiger partial charge in [0.1, 0.15) is 10.7 Å². The minimum atomic E-state index is -0.00671. The van der Waals surface area contributed by atoms with Crippen molar-refractivity contribution in [3.05, 3.63) is 27.6 Å². The molecule has 0 aliphatic carbocycles. The highest BCUT2D eigenvalue weighted by Gasteiger charge is 2.03. The molecule has 4 heteroatoms. The third-order valence-electron chi connectivity index (χ3n) is 2.40. The van der Waals surface area contributed by atoms with Crippen molar-refractivity contribution < 1.29 is 0 Å². The van der Waals surface area contributed by atoms with E-state index in [0.717, 1.165) is 23.5 Å². The van der Waals surface area contributed by atoms with Crippen LogP contribution in [0.3, 0.4) is 0 Å². The summed E-state index contributed by atoms with van der Waals surface area (Å²) >= 11 is 1.52. The summed E-state index contributed by atoms with van der Waals surface area (Å²) in [6.45, 7) is 2.17. The summed E-state index contributed by atoms with van der Waals surface area (Å²) < 4.78 is 0. The summed E-state index contributed by atoms with van der Waals surface area (Å²) in [5, 5.41) is 2.61. The molecule has 0 spiro atoms. The number of nitrogens with zero attached hydrogens (tertiary/aromatic N) is 1. The Hall–Kier alpha value is -1.16. The molecule has 3 nitrogen and oxygen atoms in total. The average molecular weight is 222 g/mol. The molecule has 0 saturated heterocycles. The van der Waals surface area contributed by atoms with Gasteiger partial charge < -0.3 is 4.98 Å².